The molecule has 0 radical (unpaired) electrons. The summed E-state index contributed by atoms with van der Waals surface area (Å²) >= 11 is 0. The molecule has 4 atom stereocenters. The van der Waals surface area contributed by atoms with Crippen LogP contribution >= 0.6 is 0 Å². The first-order chi connectivity index (χ1) is 12.9. The van der Waals surface area contributed by atoms with Crippen molar-refractivity contribution in [2.45, 2.75) is 38.2 Å². The predicted molar refractivity (Wildman–Crippen MR) is 104 cm³/mol. The summed E-state index contributed by atoms with van der Waals surface area (Å²) in [6.45, 7) is 7.20. The van der Waals surface area contributed by atoms with E-state index in [4.69, 9.17) is 14.5 Å². The molecule has 1 aromatic carbocycles. The number of rotatable bonds is 8. The smallest absolute Gasteiger partial charge is 0.191 e. The summed E-state index contributed by atoms with van der Waals surface area (Å²) in [4.78, 5) is 4.84. The van der Waals surface area contributed by atoms with Gasteiger partial charge in [-0.3, -0.25) is 4.99 Å². The largest absolute Gasteiger partial charge is 0.379 e. The number of aliphatic imine (C=N–C) groups is 1. The van der Waals surface area contributed by atoms with Crippen molar-refractivity contribution in [1.82, 2.24) is 10.6 Å². The first-order valence-corrected chi connectivity index (χ1v) is 10.2. The van der Waals surface area contributed by atoms with Gasteiger partial charge in [0.05, 0.1) is 12.7 Å². The van der Waals surface area contributed by atoms with Crippen molar-refractivity contribution in [3.05, 3.63) is 35.4 Å². The molecule has 4 rings (SSSR count). The van der Waals surface area contributed by atoms with Gasteiger partial charge in [-0.25, -0.2) is 0 Å². The summed E-state index contributed by atoms with van der Waals surface area (Å²) in [6, 6.07) is 8.93. The Morgan fingerprint density at radius 3 is 3.08 bits per heavy atom. The molecule has 1 aliphatic heterocycles. The van der Waals surface area contributed by atoms with Gasteiger partial charge in [0.2, 0.25) is 0 Å². The zero-order chi connectivity index (χ0) is 17.8. The molecule has 0 bridgehead atoms. The maximum absolute atomic E-state index is 5.81. The van der Waals surface area contributed by atoms with Crippen molar-refractivity contribution in [1.29, 1.82) is 0 Å². The van der Waals surface area contributed by atoms with Gasteiger partial charge in [-0.05, 0) is 55.1 Å². The van der Waals surface area contributed by atoms with Gasteiger partial charge in [0.15, 0.2) is 5.96 Å². The van der Waals surface area contributed by atoms with Crippen LogP contribution in [0.4, 0.5) is 0 Å². The van der Waals surface area contributed by atoms with Crippen molar-refractivity contribution in [3.8, 4) is 0 Å². The van der Waals surface area contributed by atoms with Crippen LogP contribution < -0.4 is 10.6 Å². The summed E-state index contributed by atoms with van der Waals surface area (Å²) < 4.78 is 11.1. The molecule has 4 unspecified atom stereocenters. The minimum Gasteiger partial charge on any atom is -0.379 e. The molecule has 0 amide bonds. The van der Waals surface area contributed by atoms with Crippen LogP contribution in [0.5, 0.6) is 0 Å². The number of ether oxygens (including phenoxy) is 2. The lowest BCUT2D eigenvalue weighted by molar-refractivity contribution is 0.0420. The zero-order valence-corrected chi connectivity index (χ0v) is 15.7. The number of hydrogen-bond donors (Lipinski definition) is 2. The van der Waals surface area contributed by atoms with Gasteiger partial charge in [-0.2, -0.15) is 0 Å². The first kappa shape index (κ1) is 17.8. The zero-order valence-electron chi connectivity index (χ0n) is 15.7. The average Bonchev–Trinajstić information content (AvgIpc) is 3.02. The number of nitrogens with one attached hydrogen (secondary N) is 2. The van der Waals surface area contributed by atoms with E-state index in [1.807, 2.05) is 0 Å². The van der Waals surface area contributed by atoms with Gasteiger partial charge in [0.1, 0.15) is 0 Å². The second kappa shape index (κ2) is 8.40. The van der Waals surface area contributed by atoms with Crippen LogP contribution in [0.25, 0.3) is 0 Å². The van der Waals surface area contributed by atoms with E-state index in [0.717, 1.165) is 76.0 Å². The molecule has 5 nitrogen and oxygen atoms in total. The molecule has 2 N–H and O–H groups in total. The summed E-state index contributed by atoms with van der Waals surface area (Å²) in [5.74, 6) is 3.24. The number of hydrogen-bond acceptors (Lipinski definition) is 3. The lowest BCUT2D eigenvalue weighted by Crippen LogP contribution is -2.38. The molecule has 26 heavy (non-hydrogen) atoms. The standard InChI is InChI=1S/C21H31N3O2/c1-2-22-21(23-9-5-10-26-16-8-11-25-14-16)24-13-19-18-12-15-6-3-4-7-17(15)20(18)19/h3-4,6-7,16,18-20H,2,5,8-14H2,1H3,(H2,22,23,24). The van der Waals surface area contributed by atoms with E-state index in [1.54, 1.807) is 11.1 Å². The average molecular weight is 357 g/mol. The van der Waals surface area contributed by atoms with Crippen molar-refractivity contribution in [2.24, 2.45) is 16.8 Å². The highest BCUT2D eigenvalue weighted by Gasteiger charge is 2.54. The number of fused-ring (bicyclic) bond motifs is 3. The third-order valence-electron chi connectivity index (χ3n) is 5.86. The molecule has 2 fully saturated rings. The molecule has 142 valence electrons. The summed E-state index contributed by atoms with van der Waals surface area (Å²) in [6.07, 6.45) is 3.56. The molecular formula is C21H31N3O2. The highest BCUT2D eigenvalue weighted by atomic mass is 16.5. The second-order valence-corrected chi connectivity index (χ2v) is 7.61. The molecule has 0 aromatic heterocycles. The molecule has 1 aromatic rings. The minimum absolute atomic E-state index is 0.300. The molecule has 2 aliphatic carbocycles. The van der Waals surface area contributed by atoms with Crippen LogP contribution in [-0.4, -0.2) is 51.5 Å². The molecule has 1 saturated carbocycles. The number of benzene rings is 1. The van der Waals surface area contributed by atoms with Gasteiger partial charge < -0.3 is 20.1 Å². The van der Waals surface area contributed by atoms with Crippen LogP contribution in [0.15, 0.2) is 29.3 Å². The normalized spacial score (nSPS) is 29.3. The van der Waals surface area contributed by atoms with E-state index in [1.165, 1.54) is 6.42 Å². The van der Waals surface area contributed by atoms with Crippen LogP contribution in [0.1, 0.15) is 36.8 Å². The van der Waals surface area contributed by atoms with E-state index in [9.17, 15) is 0 Å². The van der Waals surface area contributed by atoms with Crippen LogP contribution in [0.2, 0.25) is 0 Å². The Morgan fingerprint density at radius 2 is 2.23 bits per heavy atom. The van der Waals surface area contributed by atoms with Crippen molar-refractivity contribution in [3.63, 3.8) is 0 Å². The predicted octanol–water partition coefficient (Wildman–Crippen LogP) is 2.32. The fraction of sp³-hybridized carbons (Fsp3) is 0.667. The molecular weight excluding hydrogens is 326 g/mol. The molecule has 5 heteroatoms. The monoisotopic (exact) mass is 357 g/mol. The first-order valence-electron chi connectivity index (χ1n) is 10.2. The van der Waals surface area contributed by atoms with Crippen LogP contribution in [-0.2, 0) is 15.9 Å². The van der Waals surface area contributed by atoms with Crippen molar-refractivity contribution in [2.75, 3.05) is 39.5 Å². The molecule has 3 aliphatic rings. The Balaban J connectivity index is 1.19. The maximum Gasteiger partial charge on any atom is 0.191 e. The van der Waals surface area contributed by atoms with E-state index in [0.29, 0.717) is 6.10 Å². The van der Waals surface area contributed by atoms with E-state index in [2.05, 4.69) is 41.8 Å². The van der Waals surface area contributed by atoms with Gasteiger partial charge >= 0.3 is 0 Å². The van der Waals surface area contributed by atoms with Crippen molar-refractivity contribution < 1.29 is 9.47 Å². The van der Waals surface area contributed by atoms with Crippen LogP contribution in [0.3, 0.4) is 0 Å². The maximum atomic E-state index is 5.81. The van der Waals surface area contributed by atoms with E-state index < -0.39 is 0 Å². The third kappa shape index (κ3) is 4.04. The van der Waals surface area contributed by atoms with Crippen molar-refractivity contribution >= 4 is 5.96 Å². The Labute approximate surface area is 156 Å². The van der Waals surface area contributed by atoms with Gasteiger partial charge in [-0.1, -0.05) is 24.3 Å². The van der Waals surface area contributed by atoms with Gasteiger partial charge in [0.25, 0.3) is 0 Å². The fourth-order valence-electron chi connectivity index (χ4n) is 4.44. The van der Waals surface area contributed by atoms with E-state index in [-0.39, 0.29) is 0 Å². The fourth-order valence-corrected chi connectivity index (χ4v) is 4.44. The quantitative estimate of drug-likeness (QED) is 0.426. The molecule has 1 heterocycles. The summed E-state index contributed by atoms with van der Waals surface area (Å²) in [5, 5.41) is 6.80. The van der Waals surface area contributed by atoms with Gasteiger partial charge in [0, 0.05) is 32.8 Å². The Kier molecular flexibility index (Phi) is 5.75. The minimum atomic E-state index is 0.300. The highest BCUT2D eigenvalue weighted by molar-refractivity contribution is 5.79. The third-order valence-corrected chi connectivity index (χ3v) is 5.86. The lowest BCUT2D eigenvalue weighted by atomic mass is 10.0. The number of nitrogens with zero attached hydrogens (tertiary/aromatic N) is 1. The Bertz CT molecular complexity index is 627. The molecule has 0 spiro atoms. The number of guanidine groups is 1. The SMILES string of the molecule is CCNC(=NCC1C2Cc3ccccc3C12)NCCCOC1CCOC1. The summed E-state index contributed by atoms with van der Waals surface area (Å²) in [7, 11) is 0. The second-order valence-electron chi connectivity index (χ2n) is 7.61. The lowest BCUT2D eigenvalue weighted by Gasteiger charge is -2.13. The Morgan fingerprint density at radius 1 is 1.31 bits per heavy atom. The molecule has 1 saturated heterocycles. The van der Waals surface area contributed by atoms with Crippen LogP contribution in [0, 0.1) is 11.8 Å². The Hall–Kier alpha value is -1.59. The summed E-state index contributed by atoms with van der Waals surface area (Å²) in [5.41, 5.74) is 3.13. The topological polar surface area (TPSA) is 54.9 Å². The van der Waals surface area contributed by atoms with Gasteiger partial charge in [-0.15, -0.1) is 0 Å². The highest BCUT2D eigenvalue weighted by Crippen LogP contribution is 2.61. The van der Waals surface area contributed by atoms with E-state index >= 15 is 0 Å².